The Morgan fingerprint density at radius 1 is 0.940 bits per heavy atom. The lowest BCUT2D eigenvalue weighted by atomic mass is 9.74. The summed E-state index contributed by atoms with van der Waals surface area (Å²) in [7, 11) is 1.45. The molecule has 3 rings (SSSR count). The Hall–Kier alpha value is -1.30. The van der Waals surface area contributed by atoms with Crippen LogP contribution in [-0.2, 0) is 38.0 Å². The number of carbonyl (C=O) groups excluding carboxylic acids is 2. The van der Waals surface area contributed by atoms with E-state index in [0.717, 1.165) is 0 Å². The molecule has 6 N–H and O–H groups in total. The van der Waals surface area contributed by atoms with Crippen LogP contribution in [0, 0.1) is 23.7 Å². The largest absolute Gasteiger partial charge is 0.459 e. The molecule has 3 aliphatic rings. The van der Waals surface area contributed by atoms with Gasteiger partial charge < -0.3 is 59.3 Å². The van der Waals surface area contributed by atoms with E-state index < -0.39 is 127 Å². The maximum absolute atomic E-state index is 14.1. The van der Waals surface area contributed by atoms with Crippen LogP contribution in [0.4, 0.5) is 0 Å². The highest BCUT2D eigenvalue weighted by atomic mass is 16.7. The minimum Gasteiger partial charge on any atom is -0.459 e. The molecule has 50 heavy (non-hydrogen) atoms. The third kappa shape index (κ3) is 9.07. The zero-order valence-electron chi connectivity index (χ0n) is 34.5. The monoisotopic (exact) mass is 722 g/mol. The highest BCUT2D eigenvalue weighted by molar-refractivity contribution is 5.83. The van der Waals surface area contributed by atoms with Crippen LogP contribution in [0.1, 0.15) is 99.0 Å². The summed E-state index contributed by atoms with van der Waals surface area (Å²) in [5.74, 6) is -5.46. The fourth-order valence-electron chi connectivity index (χ4n) is 8.06. The van der Waals surface area contributed by atoms with E-state index in [1.165, 1.54) is 34.8 Å². The van der Waals surface area contributed by atoms with Crippen molar-refractivity contribution in [3.8, 4) is 0 Å². The average Bonchev–Trinajstić information content (AvgIpc) is 3.05. The van der Waals surface area contributed by atoms with Crippen molar-refractivity contribution in [1.82, 2.24) is 5.32 Å². The van der Waals surface area contributed by atoms with Gasteiger partial charge in [0.25, 0.3) is 0 Å². The number of methoxy groups -OCH3 is 1. The van der Waals surface area contributed by atoms with Crippen LogP contribution >= 0.6 is 0 Å². The molecule has 3 fully saturated rings. The van der Waals surface area contributed by atoms with Gasteiger partial charge in [0.2, 0.25) is 0 Å². The van der Waals surface area contributed by atoms with Gasteiger partial charge in [0.15, 0.2) is 12.6 Å². The number of hydrogen-bond donors (Lipinski definition) is 6. The molecule has 0 bridgehead atoms. The number of nitrogens with one attached hydrogen (secondary N) is 1. The molecule has 3 heterocycles. The number of ketones is 1. The van der Waals surface area contributed by atoms with E-state index in [-0.39, 0.29) is 25.7 Å². The number of likely N-dealkylation sites (N-methyl/N-ethyl adjacent to an activating group) is 1. The van der Waals surface area contributed by atoms with Crippen molar-refractivity contribution < 1.29 is 67.7 Å². The standard InChI is InChI=1S/C36H65NO13/c1-13-24-36(10,44)29(40)19(4)26(38)17(2)15-34(8,43)31(50-33-27(39)23(37-11)14-18(3)46-33)20(5)28(21(6)32(42)48-24)49-25-16-35(9,45-12)30(41)22(7)47-25/h17-25,27-31,33,37,39-41,43-44H,13-16H2,1-12H3/t17-,18-,19+,20+,21-,22+,23+,24-,25+,27-,28+,29-,30+,31-,33+,34-,35-,36-/m1/s1/i11D3. The summed E-state index contributed by atoms with van der Waals surface area (Å²) < 4.78 is 59.8. The highest BCUT2D eigenvalue weighted by Crippen LogP contribution is 2.40. The summed E-state index contributed by atoms with van der Waals surface area (Å²) >= 11 is 0. The first-order valence-corrected chi connectivity index (χ1v) is 17.9. The summed E-state index contributed by atoms with van der Waals surface area (Å²) in [6, 6.07) is -0.979. The molecule has 0 aliphatic carbocycles. The Bertz CT molecular complexity index is 1240. The highest BCUT2D eigenvalue weighted by Gasteiger charge is 2.53. The van der Waals surface area contributed by atoms with Crippen molar-refractivity contribution >= 4 is 11.8 Å². The van der Waals surface area contributed by atoms with Crippen molar-refractivity contribution in [2.45, 2.75) is 179 Å². The lowest BCUT2D eigenvalue weighted by Gasteiger charge is -2.48. The molecule has 0 aromatic carbocycles. The zero-order chi connectivity index (χ0) is 40.6. The molecule has 0 aromatic heterocycles. The molecule has 18 atom stereocenters. The summed E-state index contributed by atoms with van der Waals surface area (Å²) in [5, 5.41) is 59.9. The van der Waals surface area contributed by atoms with Gasteiger partial charge in [0, 0.05) is 41.4 Å². The molecule has 14 heteroatoms. The zero-order valence-corrected chi connectivity index (χ0v) is 31.5. The lowest BCUT2D eigenvalue weighted by Crippen LogP contribution is -2.61. The number of rotatable bonds is 7. The SMILES string of the molecule is [2H]C([2H])([2H])N[C@H]1C[C@@H](C)O[C@@H](O[C@@H]2[C@@H](C)[C@H](O[C@H]3C[C@@](C)(OC)[C@@H](O)[C@H](C)O3)[C@@H](C)C(=O)O[C@H](CC)[C@@](C)(O)[C@H](O)[C@@H](C)C(=O)[C@H](C)C[C@@]2(C)O)[C@@H]1O. The van der Waals surface area contributed by atoms with Gasteiger partial charge in [-0.3, -0.25) is 9.59 Å². The molecule has 3 aliphatic heterocycles. The molecule has 0 aromatic rings. The second-order valence-corrected chi connectivity index (χ2v) is 15.7. The van der Waals surface area contributed by atoms with E-state index in [4.69, 9.17) is 32.5 Å². The molecule has 0 radical (unpaired) electrons. The maximum Gasteiger partial charge on any atom is 0.311 e. The summed E-state index contributed by atoms with van der Waals surface area (Å²) in [4.78, 5) is 27.9. The molecular formula is C36H65NO13. The molecule has 0 saturated carbocycles. The summed E-state index contributed by atoms with van der Waals surface area (Å²) in [6.07, 6.45) is -11.8. The molecule has 0 spiro atoms. The molecule has 3 saturated heterocycles. The lowest BCUT2D eigenvalue weighted by molar-refractivity contribution is -0.316. The van der Waals surface area contributed by atoms with Gasteiger partial charge >= 0.3 is 5.97 Å². The van der Waals surface area contributed by atoms with E-state index in [1.807, 2.05) is 0 Å². The van der Waals surface area contributed by atoms with Gasteiger partial charge in [0.1, 0.15) is 29.7 Å². The second kappa shape index (κ2) is 16.8. The normalized spacial score (nSPS) is 51.5. The van der Waals surface area contributed by atoms with Crippen LogP contribution in [-0.4, -0.2) is 136 Å². The molecule has 0 unspecified atom stereocenters. The Morgan fingerprint density at radius 2 is 1.58 bits per heavy atom. The summed E-state index contributed by atoms with van der Waals surface area (Å²) in [6.45, 7) is 13.1. The van der Waals surface area contributed by atoms with Crippen LogP contribution in [0.3, 0.4) is 0 Å². The van der Waals surface area contributed by atoms with Crippen LogP contribution in [0.5, 0.6) is 0 Å². The Balaban J connectivity index is 2.18. The average molecular weight is 723 g/mol. The van der Waals surface area contributed by atoms with Gasteiger partial charge in [-0.25, -0.2) is 0 Å². The first kappa shape index (κ1) is 38.4. The van der Waals surface area contributed by atoms with Crippen molar-refractivity contribution in [2.75, 3.05) is 14.1 Å². The van der Waals surface area contributed by atoms with Crippen LogP contribution < -0.4 is 5.32 Å². The van der Waals surface area contributed by atoms with E-state index in [1.54, 1.807) is 41.5 Å². The van der Waals surface area contributed by atoms with E-state index in [2.05, 4.69) is 5.32 Å². The fraction of sp³-hybridized carbons (Fsp3) is 0.944. The van der Waals surface area contributed by atoms with E-state index >= 15 is 0 Å². The Labute approximate surface area is 301 Å². The summed E-state index contributed by atoms with van der Waals surface area (Å²) in [5.41, 5.74) is -5.06. The number of carbonyl (C=O) groups is 2. The van der Waals surface area contributed by atoms with Crippen LogP contribution in [0.25, 0.3) is 0 Å². The topological polar surface area (TPSA) is 203 Å². The first-order valence-electron chi connectivity index (χ1n) is 19.4. The first-order chi connectivity index (χ1) is 24.2. The van der Waals surface area contributed by atoms with Gasteiger partial charge in [-0.1, -0.05) is 27.7 Å². The van der Waals surface area contributed by atoms with Crippen LogP contribution in [0.2, 0.25) is 0 Å². The minimum absolute atomic E-state index is 0.0360. The molecular weight excluding hydrogens is 654 g/mol. The molecule has 0 amide bonds. The third-order valence-electron chi connectivity index (χ3n) is 11.4. The number of hydrogen-bond acceptors (Lipinski definition) is 14. The van der Waals surface area contributed by atoms with Gasteiger partial charge in [-0.05, 0) is 67.8 Å². The molecule has 14 nitrogen and oxygen atoms in total. The fourth-order valence-corrected chi connectivity index (χ4v) is 8.06. The maximum atomic E-state index is 14.1. The number of aliphatic hydroxyl groups excluding tert-OH is 3. The third-order valence-corrected chi connectivity index (χ3v) is 11.4. The van der Waals surface area contributed by atoms with E-state index in [9.17, 15) is 35.1 Å². The smallest absolute Gasteiger partial charge is 0.311 e. The van der Waals surface area contributed by atoms with Crippen molar-refractivity contribution in [3.63, 3.8) is 0 Å². The second-order valence-electron chi connectivity index (χ2n) is 15.7. The predicted octanol–water partition coefficient (Wildman–Crippen LogP) is 1.44. The number of esters is 1. The van der Waals surface area contributed by atoms with Gasteiger partial charge in [0.05, 0.1) is 47.6 Å². The van der Waals surface area contributed by atoms with Crippen molar-refractivity contribution in [1.29, 1.82) is 0 Å². The predicted molar refractivity (Wildman–Crippen MR) is 182 cm³/mol. The van der Waals surface area contributed by atoms with Crippen molar-refractivity contribution in [3.05, 3.63) is 0 Å². The van der Waals surface area contributed by atoms with E-state index in [0.29, 0.717) is 0 Å². The minimum atomic E-state index is -2.59. The Kier molecular flexibility index (Phi) is 12.9. The number of cyclic esters (lactones) is 1. The van der Waals surface area contributed by atoms with Crippen LogP contribution in [0.15, 0.2) is 0 Å². The number of ether oxygens (including phenoxy) is 6. The number of aliphatic hydroxyl groups is 5. The quantitative estimate of drug-likeness (QED) is 0.206. The van der Waals surface area contributed by atoms with Gasteiger partial charge in [-0.2, -0.15) is 0 Å². The molecule has 292 valence electrons. The van der Waals surface area contributed by atoms with Crippen molar-refractivity contribution in [2.24, 2.45) is 23.7 Å². The van der Waals surface area contributed by atoms with Gasteiger partial charge in [-0.15, -0.1) is 0 Å². The number of Topliss-reactive ketones (excluding diaryl/α,β-unsaturated/α-hetero) is 1. The Morgan fingerprint density at radius 3 is 2.16 bits per heavy atom.